The minimum Gasteiger partial charge on any atom is -0.463 e. The first-order valence-electron chi connectivity index (χ1n) is 9.76. The van der Waals surface area contributed by atoms with Gasteiger partial charge in [-0.15, -0.1) is 0 Å². The number of ether oxygens (including phenoxy) is 1. The molecule has 0 fully saturated rings. The molecule has 1 atom stereocenters. The monoisotopic (exact) mass is 433 g/mol. The summed E-state index contributed by atoms with van der Waals surface area (Å²) in [6.45, 7) is 3.51. The van der Waals surface area contributed by atoms with Crippen molar-refractivity contribution in [2.45, 2.75) is 39.2 Å². The van der Waals surface area contributed by atoms with Crippen LogP contribution in [0.3, 0.4) is 0 Å². The summed E-state index contributed by atoms with van der Waals surface area (Å²) in [6, 6.07) is 10.8. The first-order chi connectivity index (χ1) is 14.4. The number of halogens is 3. The standard InChI is InChI=1S/C23H22ClF2NO3/c1-3-19-21(23(29)30-4-2)17(14-7-5-9-16(24)11-14)12-20(28)27(19)13-15-8-6-10-18(25)22(15)26/h5-11,17H,3-4,12-13H2,1-2H3. The average molecular weight is 434 g/mol. The van der Waals surface area contributed by atoms with Gasteiger partial charge in [-0.05, 0) is 37.1 Å². The summed E-state index contributed by atoms with van der Waals surface area (Å²) in [4.78, 5) is 27.3. The highest BCUT2D eigenvalue weighted by molar-refractivity contribution is 6.30. The summed E-state index contributed by atoms with van der Waals surface area (Å²) in [5, 5.41) is 0.491. The number of carbonyl (C=O) groups is 2. The fourth-order valence-corrected chi connectivity index (χ4v) is 3.97. The van der Waals surface area contributed by atoms with E-state index < -0.39 is 23.5 Å². The highest BCUT2D eigenvalue weighted by atomic mass is 35.5. The third kappa shape index (κ3) is 4.38. The first-order valence-corrected chi connectivity index (χ1v) is 10.1. The third-order valence-corrected chi connectivity index (χ3v) is 5.34. The number of carbonyl (C=O) groups excluding carboxylic acids is 2. The van der Waals surface area contributed by atoms with E-state index in [1.165, 1.54) is 17.0 Å². The first kappa shape index (κ1) is 22.0. The number of rotatable bonds is 6. The lowest BCUT2D eigenvalue weighted by Gasteiger charge is -2.35. The van der Waals surface area contributed by atoms with Gasteiger partial charge in [0.2, 0.25) is 5.91 Å². The summed E-state index contributed by atoms with van der Waals surface area (Å²) >= 11 is 6.12. The highest BCUT2D eigenvalue weighted by Crippen LogP contribution is 2.39. The zero-order valence-corrected chi connectivity index (χ0v) is 17.5. The Kier molecular flexibility index (Phi) is 6.87. The van der Waals surface area contributed by atoms with Crippen LogP contribution in [-0.4, -0.2) is 23.4 Å². The molecule has 0 radical (unpaired) electrons. The molecule has 0 spiro atoms. The fraction of sp³-hybridized carbons (Fsp3) is 0.304. The van der Waals surface area contributed by atoms with Crippen molar-refractivity contribution in [2.75, 3.05) is 6.61 Å². The molecule has 30 heavy (non-hydrogen) atoms. The van der Waals surface area contributed by atoms with E-state index in [2.05, 4.69) is 0 Å². The molecular formula is C23H22ClF2NO3. The van der Waals surface area contributed by atoms with Crippen LogP contribution < -0.4 is 0 Å². The number of esters is 1. The molecule has 0 saturated heterocycles. The molecule has 0 bridgehead atoms. The highest BCUT2D eigenvalue weighted by Gasteiger charge is 2.38. The zero-order chi connectivity index (χ0) is 21.8. The average Bonchev–Trinajstić information content (AvgIpc) is 2.72. The van der Waals surface area contributed by atoms with E-state index in [9.17, 15) is 18.4 Å². The van der Waals surface area contributed by atoms with Crippen molar-refractivity contribution in [3.63, 3.8) is 0 Å². The molecule has 1 aliphatic heterocycles. The maximum Gasteiger partial charge on any atom is 0.336 e. The van der Waals surface area contributed by atoms with Gasteiger partial charge in [-0.25, -0.2) is 13.6 Å². The van der Waals surface area contributed by atoms with Crippen molar-refractivity contribution < 1.29 is 23.1 Å². The van der Waals surface area contributed by atoms with Crippen LogP contribution in [0.4, 0.5) is 8.78 Å². The van der Waals surface area contributed by atoms with Gasteiger partial charge in [-0.3, -0.25) is 4.79 Å². The van der Waals surface area contributed by atoms with E-state index in [1.807, 2.05) is 0 Å². The van der Waals surface area contributed by atoms with Crippen LogP contribution in [0.25, 0.3) is 0 Å². The second-order valence-electron chi connectivity index (χ2n) is 6.94. The summed E-state index contributed by atoms with van der Waals surface area (Å²) in [7, 11) is 0. The smallest absolute Gasteiger partial charge is 0.336 e. The van der Waals surface area contributed by atoms with Gasteiger partial charge in [0, 0.05) is 28.6 Å². The molecule has 4 nitrogen and oxygen atoms in total. The van der Waals surface area contributed by atoms with Crippen molar-refractivity contribution in [3.05, 3.63) is 81.5 Å². The molecule has 3 rings (SSSR count). The lowest BCUT2D eigenvalue weighted by atomic mass is 9.82. The van der Waals surface area contributed by atoms with E-state index in [1.54, 1.807) is 38.1 Å². The number of benzene rings is 2. The molecule has 0 aromatic heterocycles. The maximum absolute atomic E-state index is 14.2. The predicted octanol–water partition coefficient (Wildman–Crippen LogP) is 5.36. The molecular weight excluding hydrogens is 412 g/mol. The zero-order valence-electron chi connectivity index (χ0n) is 16.8. The van der Waals surface area contributed by atoms with Gasteiger partial charge in [0.05, 0.1) is 18.7 Å². The Hall–Kier alpha value is -2.73. The Morgan fingerprint density at radius 2 is 1.93 bits per heavy atom. The van der Waals surface area contributed by atoms with Crippen LogP contribution in [0.2, 0.25) is 5.02 Å². The molecule has 1 unspecified atom stereocenters. The van der Waals surface area contributed by atoms with Crippen molar-refractivity contribution in [1.29, 1.82) is 0 Å². The molecule has 7 heteroatoms. The molecule has 0 N–H and O–H groups in total. The summed E-state index contributed by atoms with van der Waals surface area (Å²) in [5.41, 5.74) is 1.55. The molecule has 1 aliphatic rings. The lowest BCUT2D eigenvalue weighted by Crippen LogP contribution is -2.39. The number of hydrogen-bond acceptors (Lipinski definition) is 3. The molecule has 0 saturated carbocycles. The van der Waals surface area contributed by atoms with E-state index in [4.69, 9.17) is 16.3 Å². The summed E-state index contributed by atoms with van der Waals surface area (Å²) < 4.78 is 33.2. The van der Waals surface area contributed by atoms with Gasteiger partial charge in [-0.1, -0.05) is 42.8 Å². The van der Waals surface area contributed by atoms with Crippen molar-refractivity contribution >= 4 is 23.5 Å². The number of nitrogens with zero attached hydrogens (tertiary/aromatic N) is 1. The van der Waals surface area contributed by atoms with Gasteiger partial charge in [-0.2, -0.15) is 0 Å². The SMILES string of the molecule is CCOC(=O)C1=C(CC)N(Cc2cccc(F)c2F)C(=O)CC1c1cccc(Cl)c1. The normalized spacial score (nSPS) is 16.8. The molecule has 158 valence electrons. The van der Waals surface area contributed by atoms with E-state index in [-0.39, 0.29) is 31.0 Å². The minimum atomic E-state index is -1.00. The number of amides is 1. The fourth-order valence-electron chi connectivity index (χ4n) is 3.77. The molecule has 0 aliphatic carbocycles. The second kappa shape index (κ2) is 9.39. The van der Waals surface area contributed by atoms with Crippen LogP contribution in [0.15, 0.2) is 53.7 Å². The van der Waals surface area contributed by atoms with Crippen LogP contribution in [0, 0.1) is 11.6 Å². The largest absolute Gasteiger partial charge is 0.463 e. The van der Waals surface area contributed by atoms with Crippen molar-refractivity contribution in [3.8, 4) is 0 Å². The van der Waals surface area contributed by atoms with Crippen LogP contribution in [0.1, 0.15) is 43.7 Å². The predicted molar refractivity (Wildman–Crippen MR) is 110 cm³/mol. The van der Waals surface area contributed by atoms with Gasteiger partial charge < -0.3 is 9.64 Å². The second-order valence-corrected chi connectivity index (χ2v) is 7.38. The van der Waals surface area contributed by atoms with E-state index in [0.717, 1.165) is 11.6 Å². The minimum absolute atomic E-state index is 0.00504. The van der Waals surface area contributed by atoms with Crippen molar-refractivity contribution in [2.24, 2.45) is 0 Å². The molecule has 2 aromatic rings. The van der Waals surface area contributed by atoms with Gasteiger partial charge in [0.15, 0.2) is 11.6 Å². The summed E-state index contributed by atoms with van der Waals surface area (Å²) in [6.07, 6.45) is 0.336. The van der Waals surface area contributed by atoms with Crippen molar-refractivity contribution in [1.82, 2.24) is 4.90 Å². The Labute approximate surface area is 179 Å². The molecule has 2 aromatic carbocycles. The Morgan fingerprint density at radius 3 is 2.60 bits per heavy atom. The Morgan fingerprint density at radius 1 is 1.20 bits per heavy atom. The van der Waals surface area contributed by atoms with Crippen LogP contribution in [0.5, 0.6) is 0 Å². The molecule has 1 heterocycles. The number of allylic oxidation sites excluding steroid dienone is 1. The van der Waals surface area contributed by atoms with Crippen LogP contribution >= 0.6 is 11.6 Å². The molecule has 1 amide bonds. The third-order valence-electron chi connectivity index (χ3n) is 5.11. The lowest BCUT2D eigenvalue weighted by molar-refractivity contribution is -0.140. The van der Waals surface area contributed by atoms with Crippen LogP contribution in [-0.2, 0) is 20.9 Å². The Bertz CT molecular complexity index is 1010. The van der Waals surface area contributed by atoms with Gasteiger partial charge in [0.25, 0.3) is 0 Å². The quantitative estimate of drug-likeness (QED) is 0.576. The van der Waals surface area contributed by atoms with Gasteiger partial charge >= 0.3 is 5.97 Å². The summed E-state index contributed by atoms with van der Waals surface area (Å²) in [5.74, 6) is -3.33. The Balaban J connectivity index is 2.11. The van der Waals surface area contributed by atoms with E-state index >= 15 is 0 Å². The topological polar surface area (TPSA) is 46.6 Å². The van der Waals surface area contributed by atoms with E-state index in [0.29, 0.717) is 22.7 Å². The van der Waals surface area contributed by atoms with Gasteiger partial charge in [0.1, 0.15) is 0 Å². The number of hydrogen-bond donors (Lipinski definition) is 0. The maximum atomic E-state index is 14.2.